The van der Waals surface area contributed by atoms with Gasteiger partial charge >= 0.3 is 0 Å². The summed E-state index contributed by atoms with van der Waals surface area (Å²) in [5.41, 5.74) is 4.82. The van der Waals surface area contributed by atoms with Gasteiger partial charge in [0.1, 0.15) is 35.3 Å². The van der Waals surface area contributed by atoms with E-state index < -0.39 is 5.82 Å². The van der Waals surface area contributed by atoms with Gasteiger partial charge in [0, 0.05) is 60.5 Å². The third-order valence-electron chi connectivity index (χ3n) is 7.01. The number of hydrogen-bond acceptors (Lipinski definition) is 7. The first-order valence-electron chi connectivity index (χ1n) is 12.8. The number of halogens is 2. The van der Waals surface area contributed by atoms with Crippen LogP contribution in [-0.4, -0.2) is 58.2 Å². The lowest BCUT2D eigenvalue weighted by Gasteiger charge is -2.32. The van der Waals surface area contributed by atoms with E-state index >= 15 is 0 Å². The van der Waals surface area contributed by atoms with Crippen LogP contribution in [0, 0.1) is 5.82 Å². The predicted octanol–water partition coefficient (Wildman–Crippen LogP) is 6.54. The van der Waals surface area contributed by atoms with E-state index in [1.807, 2.05) is 11.4 Å². The summed E-state index contributed by atoms with van der Waals surface area (Å²) in [4.78, 5) is 8.95. The fraction of sp³-hybridized carbons (Fsp3) is 0.233. The van der Waals surface area contributed by atoms with Crippen LogP contribution in [0.25, 0.3) is 32.6 Å². The smallest absolute Gasteiger partial charge is 0.148 e. The minimum absolute atomic E-state index is 0.0282. The Morgan fingerprint density at radius 2 is 1.77 bits per heavy atom. The van der Waals surface area contributed by atoms with Crippen molar-refractivity contribution in [1.29, 1.82) is 0 Å². The zero-order valence-corrected chi connectivity index (χ0v) is 23.1. The van der Waals surface area contributed by atoms with Gasteiger partial charge in [-0.3, -0.25) is 9.88 Å². The fourth-order valence-electron chi connectivity index (χ4n) is 4.78. The number of hydrogen-bond donors (Lipinski definition) is 0. The quantitative estimate of drug-likeness (QED) is 0.226. The second-order valence-electron chi connectivity index (χ2n) is 9.70. The second-order valence-corrected chi connectivity index (χ2v) is 11.1. The molecule has 1 saturated heterocycles. The zero-order valence-electron chi connectivity index (χ0n) is 21.5. The van der Waals surface area contributed by atoms with Crippen molar-refractivity contribution in [2.24, 2.45) is 0 Å². The lowest BCUT2D eigenvalue weighted by Crippen LogP contribution is -2.43. The molecule has 0 saturated carbocycles. The molecule has 39 heavy (non-hydrogen) atoms. The molecule has 6 nitrogen and oxygen atoms in total. The molecule has 1 aliphatic rings. The van der Waals surface area contributed by atoms with E-state index in [0.29, 0.717) is 16.5 Å². The molecular formula is C30H27ClFN5OS. The predicted molar refractivity (Wildman–Crippen MR) is 155 cm³/mol. The lowest BCUT2D eigenvalue weighted by molar-refractivity contribution is 0.148. The van der Waals surface area contributed by atoms with Gasteiger partial charge in [0.2, 0.25) is 0 Å². The summed E-state index contributed by atoms with van der Waals surface area (Å²) in [6, 6.07) is 19.0. The molecule has 198 valence electrons. The number of aromatic nitrogens is 3. The van der Waals surface area contributed by atoms with Gasteiger partial charge in [-0.1, -0.05) is 35.9 Å². The number of piperazine rings is 1. The summed E-state index contributed by atoms with van der Waals surface area (Å²) in [6.45, 7) is 5.32. The van der Waals surface area contributed by atoms with Gasteiger partial charge in [0.25, 0.3) is 0 Å². The Hall–Kier alpha value is -3.43. The van der Waals surface area contributed by atoms with Crippen LogP contribution in [0.4, 0.5) is 4.39 Å². The summed E-state index contributed by atoms with van der Waals surface area (Å²) in [5, 5.41) is 12.9. The molecule has 0 unspecified atom stereocenters. The molecule has 3 aromatic heterocycles. The first-order valence-corrected chi connectivity index (χ1v) is 14.1. The van der Waals surface area contributed by atoms with E-state index in [1.165, 1.54) is 11.6 Å². The van der Waals surface area contributed by atoms with Crippen LogP contribution in [0.2, 0.25) is 5.02 Å². The molecule has 0 aliphatic carbocycles. The van der Waals surface area contributed by atoms with Crippen molar-refractivity contribution in [3.8, 4) is 28.3 Å². The van der Waals surface area contributed by atoms with Gasteiger partial charge in [-0.2, -0.15) is 0 Å². The Labute approximate surface area is 235 Å². The molecule has 0 atom stereocenters. The molecule has 1 aliphatic heterocycles. The first-order chi connectivity index (χ1) is 19.0. The summed E-state index contributed by atoms with van der Waals surface area (Å²) < 4.78 is 21.1. The number of ether oxygens (including phenoxy) is 1. The number of likely N-dealkylation sites (N-methyl/N-ethyl adjacent to an activating group) is 1. The highest BCUT2D eigenvalue weighted by Gasteiger charge is 2.19. The molecule has 0 amide bonds. The number of pyridine rings is 1. The van der Waals surface area contributed by atoms with E-state index in [1.54, 1.807) is 35.7 Å². The van der Waals surface area contributed by atoms with Crippen LogP contribution in [-0.2, 0) is 13.2 Å². The average Bonchev–Trinajstić information content (AvgIpc) is 3.45. The molecule has 9 heteroatoms. The standard InChI is InChI=1S/C30H27ClFN5OS/c1-36-12-14-37(15-13-36)18-20-4-6-21(7-5-20)28-24-10-16-39-30(24)29(35-34-28)23-9-8-22(31)17-27(23)38-19-26-25(32)3-2-11-33-26/h2-11,16-17H,12-15,18-19H2,1H3. The normalized spacial score (nSPS) is 14.6. The van der Waals surface area contributed by atoms with Crippen LogP contribution in [0.3, 0.4) is 0 Å². The molecule has 5 aromatic rings. The maximum atomic E-state index is 14.1. The summed E-state index contributed by atoms with van der Waals surface area (Å²) >= 11 is 7.89. The minimum Gasteiger partial charge on any atom is -0.486 e. The van der Waals surface area contributed by atoms with Crippen LogP contribution in [0.5, 0.6) is 5.75 Å². The molecule has 0 radical (unpaired) electrons. The number of thiophene rings is 1. The maximum Gasteiger partial charge on any atom is 0.148 e. The van der Waals surface area contributed by atoms with E-state index in [-0.39, 0.29) is 12.3 Å². The summed E-state index contributed by atoms with van der Waals surface area (Å²) in [5.74, 6) is 0.0815. The van der Waals surface area contributed by atoms with E-state index in [4.69, 9.17) is 16.3 Å². The van der Waals surface area contributed by atoms with Gasteiger partial charge in [-0.15, -0.1) is 21.5 Å². The molecular weight excluding hydrogens is 533 g/mol. The third kappa shape index (κ3) is 5.65. The SMILES string of the molecule is CN1CCN(Cc2ccc(-c3nnc(-c4ccc(Cl)cc4OCc4ncccc4F)c4sccc34)cc2)CC1. The molecule has 4 heterocycles. The van der Waals surface area contributed by atoms with Gasteiger partial charge < -0.3 is 9.64 Å². The number of fused-ring (bicyclic) bond motifs is 1. The summed E-state index contributed by atoms with van der Waals surface area (Å²) in [7, 11) is 2.17. The Bertz CT molecular complexity index is 1600. The van der Waals surface area contributed by atoms with Gasteiger partial charge in [0.15, 0.2) is 0 Å². The Kier molecular flexibility index (Phi) is 7.52. The van der Waals surface area contributed by atoms with E-state index in [9.17, 15) is 4.39 Å². The van der Waals surface area contributed by atoms with Crippen molar-refractivity contribution in [1.82, 2.24) is 25.0 Å². The highest BCUT2D eigenvalue weighted by Crippen LogP contribution is 2.40. The van der Waals surface area contributed by atoms with Crippen LogP contribution >= 0.6 is 22.9 Å². The molecule has 0 bridgehead atoms. The number of rotatable bonds is 7. The Balaban J connectivity index is 1.28. The Morgan fingerprint density at radius 3 is 2.56 bits per heavy atom. The first kappa shape index (κ1) is 25.8. The number of nitrogens with zero attached hydrogens (tertiary/aromatic N) is 5. The largest absolute Gasteiger partial charge is 0.486 e. The third-order valence-corrected chi connectivity index (χ3v) is 8.17. The zero-order chi connectivity index (χ0) is 26.8. The van der Waals surface area contributed by atoms with Gasteiger partial charge in [-0.05, 0) is 54.4 Å². The van der Waals surface area contributed by atoms with E-state index in [0.717, 1.165) is 59.6 Å². The topological polar surface area (TPSA) is 54.4 Å². The monoisotopic (exact) mass is 559 g/mol. The highest BCUT2D eigenvalue weighted by atomic mass is 35.5. The Morgan fingerprint density at radius 1 is 0.974 bits per heavy atom. The highest BCUT2D eigenvalue weighted by molar-refractivity contribution is 7.17. The fourth-order valence-corrected chi connectivity index (χ4v) is 5.84. The second kappa shape index (κ2) is 11.4. The van der Waals surface area contributed by atoms with E-state index in [2.05, 4.69) is 62.4 Å². The molecule has 0 spiro atoms. The number of benzene rings is 2. The molecule has 2 aromatic carbocycles. The van der Waals surface area contributed by atoms with Crippen molar-refractivity contribution < 1.29 is 9.13 Å². The van der Waals surface area contributed by atoms with Gasteiger partial charge in [0.05, 0.1) is 4.70 Å². The summed E-state index contributed by atoms with van der Waals surface area (Å²) in [6.07, 6.45) is 1.54. The lowest BCUT2D eigenvalue weighted by atomic mass is 10.0. The maximum absolute atomic E-state index is 14.1. The van der Waals surface area contributed by atoms with Crippen molar-refractivity contribution in [3.05, 3.63) is 94.3 Å². The van der Waals surface area contributed by atoms with Crippen molar-refractivity contribution in [3.63, 3.8) is 0 Å². The van der Waals surface area contributed by atoms with Crippen molar-refractivity contribution in [2.75, 3.05) is 33.2 Å². The minimum atomic E-state index is -0.416. The van der Waals surface area contributed by atoms with Crippen LogP contribution in [0.1, 0.15) is 11.3 Å². The van der Waals surface area contributed by atoms with Gasteiger partial charge in [-0.25, -0.2) is 4.39 Å². The van der Waals surface area contributed by atoms with Crippen LogP contribution in [0.15, 0.2) is 72.2 Å². The average molecular weight is 560 g/mol. The molecule has 0 N–H and O–H groups in total. The molecule has 6 rings (SSSR count). The van der Waals surface area contributed by atoms with Crippen LogP contribution < -0.4 is 4.74 Å². The van der Waals surface area contributed by atoms with Crippen molar-refractivity contribution >= 4 is 33.0 Å². The van der Waals surface area contributed by atoms with Crippen molar-refractivity contribution in [2.45, 2.75) is 13.2 Å². The molecule has 1 fully saturated rings.